The van der Waals surface area contributed by atoms with Crippen LogP contribution in [0.1, 0.15) is 49.3 Å². The van der Waals surface area contributed by atoms with Crippen molar-refractivity contribution in [2.24, 2.45) is 5.41 Å². The molecule has 1 atom stereocenters. The van der Waals surface area contributed by atoms with Gasteiger partial charge in [-0.3, -0.25) is 4.79 Å². The third-order valence-electron chi connectivity index (χ3n) is 7.89. The number of benzene rings is 4. The number of ether oxygens (including phenoxy) is 1. The molecular weight excluding hydrogens is 440 g/mol. The number of Topliss-reactive ketones (excluding diaryl/α,β-unsaturated/α-hetero) is 1. The standard InChI is InChI=1S/C34H30O2/c1-23-17-29-21-34(20-25-11-5-3-6-12-25,30-18-27-15-9-10-16-28(27)19-30)33(35)31(29)24(2)32(23)36-22-26-13-7-4-8-14-26/h3-18H,19-22H2,1-2H3. The van der Waals surface area contributed by atoms with E-state index in [2.05, 4.69) is 86.7 Å². The summed E-state index contributed by atoms with van der Waals surface area (Å²) in [5, 5.41) is 0. The van der Waals surface area contributed by atoms with Crippen LogP contribution in [0.25, 0.3) is 6.08 Å². The lowest BCUT2D eigenvalue weighted by Gasteiger charge is -2.30. The van der Waals surface area contributed by atoms with E-state index >= 15 is 0 Å². The summed E-state index contributed by atoms with van der Waals surface area (Å²) in [5.74, 6) is 1.08. The van der Waals surface area contributed by atoms with E-state index in [1.165, 1.54) is 22.3 Å². The molecule has 4 aromatic carbocycles. The molecule has 178 valence electrons. The van der Waals surface area contributed by atoms with E-state index in [4.69, 9.17) is 4.74 Å². The minimum absolute atomic E-state index is 0.238. The molecule has 6 rings (SSSR count). The number of ketones is 1. The van der Waals surface area contributed by atoms with Gasteiger partial charge in [-0.25, -0.2) is 0 Å². The molecule has 1 unspecified atom stereocenters. The minimum atomic E-state index is -0.571. The molecule has 0 radical (unpaired) electrons. The summed E-state index contributed by atoms with van der Waals surface area (Å²) in [6, 6.07) is 31.4. The van der Waals surface area contributed by atoms with Crippen molar-refractivity contribution in [2.45, 2.75) is 39.7 Å². The summed E-state index contributed by atoms with van der Waals surface area (Å²) in [4.78, 5) is 14.5. The lowest BCUT2D eigenvalue weighted by Crippen LogP contribution is -2.33. The zero-order chi connectivity index (χ0) is 24.7. The third-order valence-corrected chi connectivity index (χ3v) is 7.89. The predicted octanol–water partition coefficient (Wildman–Crippen LogP) is 7.49. The topological polar surface area (TPSA) is 26.3 Å². The van der Waals surface area contributed by atoms with Gasteiger partial charge in [-0.15, -0.1) is 0 Å². The molecule has 0 aromatic heterocycles. The van der Waals surface area contributed by atoms with E-state index in [0.29, 0.717) is 13.0 Å². The Bertz CT molecular complexity index is 1480. The van der Waals surface area contributed by atoms with Gasteiger partial charge in [-0.2, -0.15) is 0 Å². The first-order valence-corrected chi connectivity index (χ1v) is 12.7. The van der Waals surface area contributed by atoms with Gasteiger partial charge in [0.1, 0.15) is 12.4 Å². The van der Waals surface area contributed by atoms with E-state index < -0.39 is 5.41 Å². The molecule has 0 aliphatic heterocycles. The second-order valence-electron chi connectivity index (χ2n) is 10.3. The van der Waals surface area contributed by atoms with Crippen LogP contribution in [0.15, 0.2) is 96.6 Å². The quantitative estimate of drug-likeness (QED) is 0.292. The summed E-state index contributed by atoms with van der Waals surface area (Å²) in [6.45, 7) is 4.64. The van der Waals surface area contributed by atoms with Gasteiger partial charge in [-0.1, -0.05) is 103 Å². The fraction of sp³-hybridized carbons (Fsp3) is 0.206. The highest BCUT2D eigenvalue weighted by molar-refractivity contribution is 6.09. The number of aryl methyl sites for hydroxylation is 1. The SMILES string of the molecule is Cc1cc2c(c(C)c1OCc1ccccc1)C(=O)C(Cc1ccccc1)(C1=Cc3ccccc3C1)C2. The number of rotatable bonds is 6. The monoisotopic (exact) mass is 470 g/mol. The van der Waals surface area contributed by atoms with Gasteiger partial charge in [0, 0.05) is 11.1 Å². The fourth-order valence-electron chi connectivity index (χ4n) is 6.15. The first-order chi connectivity index (χ1) is 17.5. The zero-order valence-corrected chi connectivity index (χ0v) is 20.9. The molecule has 0 N–H and O–H groups in total. The molecule has 0 saturated carbocycles. The second-order valence-corrected chi connectivity index (χ2v) is 10.3. The number of allylic oxidation sites excluding steroid dienone is 1. The van der Waals surface area contributed by atoms with E-state index in [1.54, 1.807) is 0 Å². The molecule has 2 aliphatic rings. The molecule has 0 fully saturated rings. The third kappa shape index (κ3) is 3.78. The van der Waals surface area contributed by atoms with Gasteiger partial charge < -0.3 is 4.74 Å². The maximum Gasteiger partial charge on any atom is 0.174 e. The molecular formula is C34H30O2. The molecule has 0 heterocycles. The highest BCUT2D eigenvalue weighted by atomic mass is 16.5. The molecule has 2 heteroatoms. The van der Waals surface area contributed by atoms with Gasteiger partial charge in [0.15, 0.2) is 5.78 Å². The Kier molecular flexibility index (Phi) is 5.60. The molecule has 2 nitrogen and oxygen atoms in total. The summed E-state index contributed by atoms with van der Waals surface area (Å²) in [7, 11) is 0. The maximum absolute atomic E-state index is 14.5. The van der Waals surface area contributed by atoms with Crippen molar-refractivity contribution in [1.82, 2.24) is 0 Å². The predicted molar refractivity (Wildman–Crippen MR) is 145 cm³/mol. The summed E-state index contributed by atoms with van der Waals surface area (Å²) in [5.41, 5.74) is 9.60. The van der Waals surface area contributed by atoms with Crippen LogP contribution in [0.5, 0.6) is 5.75 Å². The van der Waals surface area contributed by atoms with E-state index in [0.717, 1.165) is 46.4 Å². The van der Waals surface area contributed by atoms with Crippen LogP contribution < -0.4 is 4.74 Å². The van der Waals surface area contributed by atoms with Gasteiger partial charge in [0.2, 0.25) is 0 Å². The smallest absolute Gasteiger partial charge is 0.174 e. The van der Waals surface area contributed by atoms with Crippen molar-refractivity contribution in [2.75, 3.05) is 0 Å². The van der Waals surface area contributed by atoms with Crippen molar-refractivity contribution in [1.29, 1.82) is 0 Å². The Hall–Kier alpha value is -3.91. The Morgan fingerprint density at radius 3 is 2.19 bits per heavy atom. The molecule has 0 amide bonds. The molecule has 2 aliphatic carbocycles. The maximum atomic E-state index is 14.5. The van der Waals surface area contributed by atoms with Crippen molar-refractivity contribution in [3.63, 3.8) is 0 Å². The molecule has 0 bridgehead atoms. The van der Waals surface area contributed by atoms with Crippen LogP contribution in [0.4, 0.5) is 0 Å². The largest absolute Gasteiger partial charge is 0.488 e. The molecule has 0 saturated heterocycles. The minimum Gasteiger partial charge on any atom is -0.488 e. The number of hydrogen-bond acceptors (Lipinski definition) is 2. The number of fused-ring (bicyclic) bond motifs is 2. The fourth-order valence-corrected chi connectivity index (χ4v) is 6.15. The first kappa shape index (κ1) is 22.5. The summed E-state index contributed by atoms with van der Waals surface area (Å²) >= 11 is 0. The van der Waals surface area contributed by atoms with E-state index in [9.17, 15) is 4.79 Å². The van der Waals surface area contributed by atoms with Crippen LogP contribution >= 0.6 is 0 Å². The average Bonchev–Trinajstić information content (AvgIpc) is 3.45. The lowest BCUT2D eigenvalue weighted by atomic mass is 9.71. The van der Waals surface area contributed by atoms with Crippen LogP contribution in [0, 0.1) is 19.3 Å². The average molecular weight is 471 g/mol. The number of carbonyl (C=O) groups excluding carboxylic acids is 1. The van der Waals surface area contributed by atoms with Crippen LogP contribution in [0.3, 0.4) is 0 Å². The number of carbonyl (C=O) groups is 1. The Balaban J connectivity index is 1.41. The van der Waals surface area contributed by atoms with Crippen LogP contribution in [-0.2, 0) is 25.9 Å². The zero-order valence-electron chi connectivity index (χ0n) is 20.9. The van der Waals surface area contributed by atoms with Gasteiger partial charge in [-0.05, 0) is 66.5 Å². The van der Waals surface area contributed by atoms with Crippen molar-refractivity contribution >= 4 is 11.9 Å². The summed E-state index contributed by atoms with van der Waals surface area (Å²) in [6.07, 6.45) is 4.55. The van der Waals surface area contributed by atoms with Gasteiger partial charge in [0.25, 0.3) is 0 Å². The molecule has 4 aromatic rings. The molecule has 0 spiro atoms. The van der Waals surface area contributed by atoms with E-state index in [-0.39, 0.29) is 5.78 Å². The first-order valence-electron chi connectivity index (χ1n) is 12.7. The molecule has 36 heavy (non-hydrogen) atoms. The number of hydrogen-bond donors (Lipinski definition) is 0. The Labute approximate surface area is 213 Å². The van der Waals surface area contributed by atoms with Crippen molar-refractivity contribution in [3.8, 4) is 5.75 Å². The second kappa shape index (κ2) is 8.95. The van der Waals surface area contributed by atoms with Gasteiger partial charge in [0.05, 0.1) is 5.41 Å². The van der Waals surface area contributed by atoms with Crippen LogP contribution in [0.2, 0.25) is 0 Å². The highest BCUT2D eigenvalue weighted by Gasteiger charge is 2.50. The van der Waals surface area contributed by atoms with E-state index in [1.807, 2.05) is 24.3 Å². The van der Waals surface area contributed by atoms with Crippen molar-refractivity contribution < 1.29 is 9.53 Å². The highest BCUT2D eigenvalue weighted by Crippen LogP contribution is 2.51. The Morgan fingerprint density at radius 2 is 1.47 bits per heavy atom. The Morgan fingerprint density at radius 1 is 0.806 bits per heavy atom. The van der Waals surface area contributed by atoms with Crippen molar-refractivity contribution in [3.05, 3.63) is 141 Å². The normalized spacial score (nSPS) is 18.1. The van der Waals surface area contributed by atoms with Gasteiger partial charge >= 0.3 is 0 Å². The van der Waals surface area contributed by atoms with Crippen LogP contribution in [-0.4, -0.2) is 5.78 Å². The summed E-state index contributed by atoms with van der Waals surface area (Å²) < 4.78 is 6.32. The lowest BCUT2D eigenvalue weighted by molar-refractivity contribution is 0.0860.